The van der Waals surface area contributed by atoms with E-state index in [1.807, 2.05) is 13.2 Å². The molecule has 1 aliphatic heterocycles. The predicted octanol–water partition coefficient (Wildman–Crippen LogP) is -0.196. The molecule has 1 aliphatic rings. The molecule has 1 aromatic heterocycles. The molecule has 2 rings (SSSR count). The van der Waals surface area contributed by atoms with Gasteiger partial charge in [0.2, 0.25) is 0 Å². The molecule has 23 heavy (non-hydrogen) atoms. The van der Waals surface area contributed by atoms with Crippen molar-refractivity contribution in [1.82, 2.24) is 20.0 Å². The largest absolute Gasteiger partial charge is 0.370 e. The molecule has 9 heteroatoms. The summed E-state index contributed by atoms with van der Waals surface area (Å²) in [6.07, 6.45) is 3.69. The van der Waals surface area contributed by atoms with Gasteiger partial charge in [-0.1, -0.05) is 6.92 Å². The molecule has 0 aromatic carbocycles. The van der Waals surface area contributed by atoms with E-state index in [1.165, 1.54) is 0 Å². The second kappa shape index (κ2) is 7.78. The summed E-state index contributed by atoms with van der Waals surface area (Å²) in [6, 6.07) is 0. The second-order valence-electron chi connectivity index (χ2n) is 5.46. The van der Waals surface area contributed by atoms with Crippen molar-refractivity contribution < 1.29 is 13.2 Å². The highest BCUT2D eigenvalue weighted by molar-refractivity contribution is 7.91. The molecule has 1 fully saturated rings. The van der Waals surface area contributed by atoms with Crippen LogP contribution in [0.5, 0.6) is 0 Å². The molecule has 130 valence electrons. The highest BCUT2D eigenvalue weighted by Gasteiger charge is 2.25. The zero-order chi connectivity index (χ0) is 16.9. The fourth-order valence-corrected chi connectivity index (χ4v) is 3.15. The van der Waals surface area contributed by atoms with Crippen LogP contribution in [0.3, 0.4) is 0 Å². The van der Waals surface area contributed by atoms with E-state index in [9.17, 15) is 8.42 Å². The number of sulfone groups is 1. The molecule has 1 aromatic rings. The van der Waals surface area contributed by atoms with Gasteiger partial charge >= 0.3 is 0 Å². The highest BCUT2D eigenvalue weighted by Crippen LogP contribution is 2.21. The Morgan fingerprint density at radius 1 is 1.57 bits per heavy atom. The first-order valence-electron chi connectivity index (χ1n) is 7.71. The Bertz CT molecular complexity index is 641. The highest BCUT2D eigenvalue weighted by atomic mass is 32.2. The van der Waals surface area contributed by atoms with Gasteiger partial charge in [-0.25, -0.2) is 8.42 Å². The van der Waals surface area contributed by atoms with Crippen LogP contribution >= 0.6 is 0 Å². The van der Waals surface area contributed by atoms with Crippen LogP contribution in [-0.2, 0) is 21.6 Å². The third-order valence-corrected chi connectivity index (χ3v) is 5.52. The molecule has 1 atom stereocenters. The first-order chi connectivity index (χ1) is 10.9. The molecule has 1 unspecified atom stereocenters. The molecule has 0 spiro atoms. The first-order valence-corrected chi connectivity index (χ1v) is 9.53. The van der Waals surface area contributed by atoms with Gasteiger partial charge in [0.25, 0.3) is 0 Å². The average molecular weight is 343 g/mol. The molecule has 1 N–H and O–H groups in total. The van der Waals surface area contributed by atoms with Crippen LogP contribution in [0.2, 0.25) is 0 Å². The van der Waals surface area contributed by atoms with Crippen molar-refractivity contribution in [2.24, 2.45) is 12.0 Å². The van der Waals surface area contributed by atoms with Crippen molar-refractivity contribution in [2.45, 2.75) is 13.0 Å². The number of aliphatic imine (C=N–C) groups is 1. The second-order valence-corrected chi connectivity index (χ2v) is 7.94. The van der Waals surface area contributed by atoms with Gasteiger partial charge in [-0.05, 0) is 0 Å². The predicted molar refractivity (Wildman–Crippen MR) is 89.2 cm³/mol. The van der Waals surface area contributed by atoms with Gasteiger partial charge in [0.1, 0.15) is 6.10 Å². The third-order valence-electron chi connectivity index (χ3n) is 3.81. The zero-order valence-corrected chi connectivity index (χ0v) is 14.7. The minimum absolute atomic E-state index is 0.0598. The zero-order valence-electron chi connectivity index (χ0n) is 13.9. The van der Waals surface area contributed by atoms with E-state index in [0.717, 1.165) is 12.1 Å². The molecular weight excluding hydrogens is 318 g/mol. The molecule has 0 aliphatic carbocycles. The fraction of sp³-hybridized carbons (Fsp3) is 0.714. The number of guanidine groups is 1. The number of rotatable bonds is 5. The molecule has 2 heterocycles. The summed E-state index contributed by atoms with van der Waals surface area (Å²) in [7, 11) is 0.597. The Kier molecular flexibility index (Phi) is 6.00. The summed E-state index contributed by atoms with van der Waals surface area (Å²) in [4.78, 5) is 6.33. The van der Waals surface area contributed by atoms with Crippen molar-refractivity contribution in [1.29, 1.82) is 0 Å². The van der Waals surface area contributed by atoms with Crippen LogP contribution < -0.4 is 5.32 Å². The third kappa shape index (κ3) is 4.93. The van der Waals surface area contributed by atoms with Crippen LogP contribution in [0.25, 0.3) is 0 Å². The summed E-state index contributed by atoms with van der Waals surface area (Å²) in [5.41, 5.74) is 1.03. The molecule has 1 saturated heterocycles. The Labute approximate surface area is 137 Å². The normalized spacial score (nSPS) is 19.9. The lowest BCUT2D eigenvalue weighted by molar-refractivity contribution is -0.00798. The summed E-state index contributed by atoms with van der Waals surface area (Å²) in [6.45, 7) is 3.98. The lowest BCUT2D eigenvalue weighted by atomic mass is 10.1. The molecule has 0 saturated carbocycles. The van der Waals surface area contributed by atoms with E-state index in [0.29, 0.717) is 25.7 Å². The number of aromatic nitrogens is 2. The quantitative estimate of drug-likeness (QED) is 0.588. The van der Waals surface area contributed by atoms with E-state index in [4.69, 9.17) is 4.74 Å². The molecule has 0 amide bonds. The summed E-state index contributed by atoms with van der Waals surface area (Å²) in [5, 5.41) is 7.30. The minimum atomic E-state index is -2.98. The minimum Gasteiger partial charge on any atom is -0.370 e. The number of aryl methyl sites for hydroxylation is 1. The molecule has 0 bridgehead atoms. The number of nitrogens with zero attached hydrogens (tertiary/aromatic N) is 4. The van der Waals surface area contributed by atoms with Gasteiger partial charge in [-0.2, -0.15) is 5.10 Å². The van der Waals surface area contributed by atoms with Crippen molar-refractivity contribution in [3.8, 4) is 0 Å². The summed E-state index contributed by atoms with van der Waals surface area (Å²) >= 11 is 0. The Balaban J connectivity index is 1.93. The number of ether oxygens (including phenoxy) is 1. The Morgan fingerprint density at radius 2 is 2.35 bits per heavy atom. The first kappa shape index (κ1) is 17.7. The van der Waals surface area contributed by atoms with Gasteiger partial charge in [-0.15, -0.1) is 0 Å². The van der Waals surface area contributed by atoms with Crippen LogP contribution in [0.15, 0.2) is 17.4 Å². The average Bonchev–Trinajstić information content (AvgIpc) is 2.98. The maximum Gasteiger partial charge on any atom is 0.193 e. The van der Waals surface area contributed by atoms with Crippen LogP contribution in [0.4, 0.5) is 0 Å². The van der Waals surface area contributed by atoms with E-state index in [2.05, 4.69) is 20.3 Å². The maximum atomic E-state index is 11.6. The SMILES string of the molecule is CCS(=O)(=O)CCNC(=NC)N1CCOC(c2cnn(C)c2)C1. The van der Waals surface area contributed by atoms with Gasteiger partial charge < -0.3 is 15.0 Å². The van der Waals surface area contributed by atoms with Crippen LogP contribution in [-0.4, -0.2) is 73.9 Å². The lowest BCUT2D eigenvalue weighted by Crippen LogP contribution is -2.49. The number of morpholine rings is 1. The number of nitrogens with one attached hydrogen (secondary N) is 1. The maximum absolute atomic E-state index is 11.6. The van der Waals surface area contributed by atoms with Crippen molar-refractivity contribution in [3.05, 3.63) is 18.0 Å². The van der Waals surface area contributed by atoms with E-state index in [-0.39, 0.29) is 17.6 Å². The molecule has 8 nitrogen and oxygen atoms in total. The van der Waals surface area contributed by atoms with Gasteiger partial charge in [0, 0.05) is 44.7 Å². The van der Waals surface area contributed by atoms with E-state index >= 15 is 0 Å². The topological polar surface area (TPSA) is 88.8 Å². The van der Waals surface area contributed by atoms with E-state index < -0.39 is 9.84 Å². The number of hydrogen-bond acceptors (Lipinski definition) is 5. The monoisotopic (exact) mass is 343 g/mol. The summed E-state index contributed by atoms with van der Waals surface area (Å²) < 4.78 is 30.7. The smallest absolute Gasteiger partial charge is 0.193 e. The lowest BCUT2D eigenvalue weighted by Gasteiger charge is -2.34. The number of hydrogen-bond donors (Lipinski definition) is 1. The molecular formula is C14H25N5O3S. The Hall–Kier alpha value is -1.61. The van der Waals surface area contributed by atoms with Gasteiger partial charge in [0.15, 0.2) is 15.8 Å². The van der Waals surface area contributed by atoms with Crippen molar-refractivity contribution >= 4 is 15.8 Å². The molecule has 0 radical (unpaired) electrons. The van der Waals surface area contributed by atoms with Gasteiger partial charge in [-0.3, -0.25) is 9.67 Å². The fourth-order valence-electron chi connectivity index (χ4n) is 2.44. The summed E-state index contributed by atoms with van der Waals surface area (Å²) in [5.74, 6) is 0.973. The Morgan fingerprint density at radius 3 is 2.96 bits per heavy atom. The van der Waals surface area contributed by atoms with E-state index in [1.54, 1.807) is 24.9 Å². The van der Waals surface area contributed by atoms with Crippen molar-refractivity contribution in [3.63, 3.8) is 0 Å². The van der Waals surface area contributed by atoms with Crippen LogP contribution in [0, 0.1) is 0 Å². The standard InChI is InChI=1S/C14H25N5O3S/c1-4-23(20,21)8-5-16-14(15-2)19-6-7-22-13(11-19)12-9-17-18(3)10-12/h9-10,13H,4-8,11H2,1-3H3,(H,15,16). The van der Waals surface area contributed by atoms with Crippen molar-refractivity contribution in [2.75, 3.05) is 44.8 Å². The van der Waals surface area contributed by atoms with Crippen LogP contribution in [0.1, 0.15) is 18.6 Å². The van der Waals surface area contributed by atoms with Gasteiger partial charge in [0.05, 0.1) is 25.1 Å².